The van der Waals surface area contributed by atoms with Gasteiger partial charge in [-0.05, 0) is 48.9 Å². The molecule has 0 bridgehead atoms. The smallest absolute Gasteiger partial charge is 0.255 e. The summed E-state index contributed by atoms with van der Waals surface area (Å²) < 4.78 is 40.6. The maximum Gasteiger partial charge on any atom is 0.263 e. The maximum absolute atomic E-state index is 12.9. The molecular weight excluding hydrogens is 311 g/mol. The first-order chi connectivity index (χ1) is 9.94. The number of hydrogen-bond acceptors (Lipinski definition) is 4. The van der Waals surface area contributed by atoms with Gasteiger partial charge < -0.3 is 0 Å². The number of rotatable bonds is 3. The molecule has 108 valence electrons. The lowest BCUT2D eigenvalue weighted by molar-refractivity contribution is 0.599. The van der Waals surface area contributed by atoms with Crippen molar-refractivity contribution in [3.05, 3.63) is 53.8 Å². The minimum absolute atomic E-state index is 0.000614. The molecule has 3 rings (SSSR count). The van der Waals surface area contributed by atoms with E-state index in [4.69, 9.17) is 0 Å². The van der Waals surface area contributed by atoms with Gasteiger partial charge in [-0.1, -0.05) is 17.4 Å². The minimum atomic E-state index is -3.76. The van der Waals surface area contributed by atoms with Gasteiger partial charge in [-0.25, -0.2) is 17.8 Å². The van der Waals surface area contributed by atoms with E-state index in [0.717, 1.165) is 27.9 Å². The summed E-state index contributed by atoms with van der Waals surface area (Å²) in [6, 6.07) is 10.4. The monoisotopic (exact) mass is 322 g/mol. The van der Waals surface area contributed by atoms with Crippen molar-refractivity contribution in [3.63, 3.8) is 0 Å². The fraction of sp³-hybridized carbons (Fsp3) is 0.0714. The van der Waals surface area contributed by atoms with Crippen LogP contribution in [0.4, 0.5) is 9.52 Å². The fourth-order valence-electron chi connectivity index (χ4n) is 1.86. The lowest BCUT2D eigenvalue weighted by Crippen LogP contribution is -2.12. The fourth-order valence-corrected chi connectivity index (χ4v) is 4.06. The molecule has 4 nitrogen and oxygen atoms in total. The Bertz CT molecular complexity index is 902. The van der Waals surface area contributed by atoms with E-state index >= 15 is 0 Å². The normalized spacial score (nSPS) is 11.7. The first kappa shape index (κ1) is 14.0. The summed E-state index contributed by atoms with van der Waals surface area (Å²) in [5.74, 6) is -0.482. The first-order valence-corrected chi connectivity index (χ1v) is 8.40. The number of anilines is 1. The van der Waals surface area contributed by atoms with Gasteiger partial charge in [0.05, 0.1) is 15.1 Å². The number of aromatic nitrogens is 1. The molecule has 0 unspecified atom stereocenters. The second kappa shape index (κ2) is 5.09. The zero-order valence-corrected chi connectivity index (χ0v) is 12.6. The predicted octanol–water partition coefficient (Wildman–Crippen LogP) is 3.54. The highest BCUT2D eigenvalue weighted by Gasteiger charge is 2.16. The van der Waals surface area contributed by atoms with E-state index in [-0.39, 0.29) is 4.90 Å². The first-order valence-electron chi connectivity index (χ1n) is 6.10. The molecule has 1 heterocycles. The summed E-state index contributed by atoms with van der Waals surface area (Å²) in [5, 5.41) is 0.292. The maximum atomic E-state index is 12.9. The number of hydrogen-bond donors (Lipinski definition) is 1. The van der Waals surface area contributed by atoms with Crippen molar-refractivity contribution in [1.29, 1.82) is 0 Å². The second-order valence-corrected chi connectivity index (χ2v) is 7.26. The molecule has 0 aliphatic heterocycles. The molecule has 0 saturated carbocycles. The van der Waals surface area contributed by atoms with Gasteiger partial charge in [0.15, 0.2) is 5.13 Å². The number of sulfonamides is 1. The van der Waals surface area contributed by atoms with Crippen LogP contribution in [-0.2, 0) is 10.0 Å². The van der Waals surface area contributed by atoms with Crippen molar-refractivity contribution in [3.8, 4) is 0 Å². The molecular formula is C14H11FN2O2S2. The number of nitrogens with zero attached hydrogens (tertiary/aromatic N) is 1. The van der Waals surface area contributed by atoms with Crippen molar-refractivity contribution in [1.82, 2.24) is 4.98 Å². The average Bonchev–Trinajstić information content (AvgIpc) is 2.79. The molecule has 0 fully saturated rings. The van der Waals surface area contributed by atoms with Gasteiger partial charge in [-0.15, -0.1) is 0 Å². The van der Waals surface area contributed by atoms with E-state index in [9.17, 15) is 12.8 Å². The van der Waals surface area contributed by atoms with Crippen LogP contribution in [0, 0.1) is 12.7 Å². The Hall–Kier alpha value is -1.99. The summed E-state index contributed by atoms with van der Waals surface area (Å²) in [5.41, 5.74) is 1.82. The second-order valence-electron chi connectivity index (χ2n) is 4.55. The van der Waals surface area contributed by atoms with Crippen LogP contribution in [0.5, 0.6) is 0 Å². The third kappa shape index (κ3) is 2.88. The zero-order valence-electron chi connectivity index (χ0n) is 11.0. The number of thiazole rings is 1. The van der Waals surface area contributed by atoms with Crippen LogP contribution in [0.1, 0.15) is 5.56 Å². The quantitative estimate of drug-likeness (QED) is 0.802. The Morgan fingerprint density at radius 2 is 1.86 bits per heavy atom. The van der Waals surface area contributed by atoms with E-state index in [2.05, 4.69) is 9.71 Å². The highest BCUT2D eigenvalue weighted by molar-refractivity contribution is 7.93. The van der Waals surface area contributed by atoms with Crippen molar-refractivity contribution >= 4 is 36.7 Å². The number of fused-ring (bicyclic) bond motifs is 1. The molecule has 7 heteroatoms. The van der Waals surface area contributed by atoms with Gasteiger partial charge in [-0.2, -0.15) is 0 Å². The minimum Gasteiger partial charge on any atom is -0.255 e. The lowest BCUT2D eigenvalue weighted by atomic mass is 10.2. The summed E-state index contributed by atoms with van der Waals surface area (Å²) in [6.07, 6.45) is 0. The predicted molar refractivity (Wildman–Crippen MR) is 81.6 cm³/mol. The summed E-state index contributed by atoms with van der Waals surface area (Å²) in [7, 11) is -3.76. The van der Waals surface area contributed by atoms with Crippen LogP contribution in [0.15, 0.2) is 47.4 Å². The lowest BCUT2D eigenvalue weighted by Gasteiger charge is -2.04. The van der Waals surface area contributed by atoms with Crippen LogP contribution in [-0.4, -0.2) is 13.4 Å². The van der Waals surface area contributed by atoms with Crippen LogP contribution in [0.25, 0.3) is 10.2 Å². The molecule has 0 saturated heterocycles. The average molecular weight is 322 g/mol. The van der Waals surface area contributed by atoms with E-state index in [1.807, 2.05) is 25.1 Å². The summed E-state index contributed by atoms with van der Waals surface area (Å²) in [6.45, 7) is 1.96. The number of halogens is 1. The molecule has 0 amide bonds. The Labute approximate surface area is 125 Å². The molecule has 0 atom stereocenters. The van der Waals surface area contributed by atoms with Crippen LogP contribution in [0.3, 0.4) is 0 Å². The molecule has 1 N–H and O–H groups in total. The molecule has 0 aliphatic rings. The largest absolute Gasteiger partial charge is 0.263 e. The number of aryl methyl sites for hydroxylation is 1. The Morgan fingerprint density at radius 1 is 1.14 bits per heavy atom. The van der Waals surface area contributed by atoms with E-state index in [0.29, 0.717) is 5.13 Å². The Morgan fingerprint density at radius 3 is 2.57 bits per heavy atom. The van der Waals surface area contributed by atoms with Gasteiger partial charge in [0.25, 0.3) is 10.0 Å². The van der Waals surface area contributed by atoms with Crippen molar-refractivity contribution in [2.75, 3.05) is 4.72 Å². The molecule has 1 aromatic heterocycles. The Balaban J connectivity index is 1.95. The molecule has 2 aromatic carbocycles. The van der Waals surface area contributed by atoms with E-state index in [1.54, 1.807) is 0 Å². The van der Waals surface area contributed by atoms with Crippen LogP contribution < -0.4 is 4.72 Å². The molecule has 0 spiro atoms. The summed E-state index contributed by atoms with van der Waals surface area (Å²) in [4.78, 5) is 4.24. The molecule has 0 radical (unpaired) electrons. The van der Waals surface area contributed by atoms with Crippen LogP contribution >= 0.6 is 11.3 Å². The van der Waals surface area contributed by atoms with E-state index in [1.165, 1.54) is 23.5 Å². The highest BCUT2D eigenvalue weighted by Crippen LogP contribution is 2.28. The third-order valence-electron chi connectivity index (χ3n) is 2.89. The van der Waals surface area contributed by atoms with Crippen molar-refractivity contribution in [2.24, 2.45) is 0 Å². The number of benzene rings is 2. The topological polar surface area (TPSA) is 59.1 Å². The highest BCUT2D eigenvalue weighted by atomic mass is 32.2. The standard InChI is InChI=1S/C14H11FN2O2S2/c1-9-2-7-12-13(8-9)20-14(16-12)17-21(18,19)11-5-3-10(15)4-6-11/h2-8H,1H3,(H,16,17). The molecule has 0 aliphatic carbocycles. The molecule has 21 heavy (non-hydrogen) atoms. The van der Waals surface area contributed by atoms with Gasteiger partial charge in [0.1, 0.15) is 5.82 Å². The SMILES string of the molecule is Cc1ccc2nc(NS(=O)(=O)c3ccc(F)cc3)sc2c1. The van der Waals surface area contributed by atoms with Crippen molar-refractivity contribution in [2.45, 2.75) is 11.8 Å². The number of nitrogens with one attached hydrogen (secondary N) is 1. The van der Waals surface area contributed by atoms with Gasteiger partial charge >= 0.3 is 0 Å². The van der Waals surface area contributed by atoms with E-state index < -0.39 is 15.8 Å². The Kier molecular flexibility index (Phi) is 3.38. The third-order valence-corrected chi connectivity index (χ3v) is 5.31. The van der Waals surface area contributed by atoms with Gasteiger partial charge in [0, 0.05) is 0 Å². The molecule has 3 aromatic rings. The zero-order chi connectivity index (χ0) is 15.0. The van der Waals surface area contributed by atoms with Crippen LogP contribution in [0.2, 0.25) is 0 Å². The van der Waals surface area contributed by atoms with Crippen molar-refractivity contribution < 1.29 is 12.8 Å². The summed E-state index contributed by atoms with van der Waals surface area (Å²) >= 11 is 1.26. The van der Waals surface area contributed by atoms with Gasteiger partial charge in [-0.3, -0.25) is 4.72 Å². The van der Waals surface area contributed by atoms with Gasteiger partial charge in [0.2, 0.25) is 0 Å².